The number of anilines is 2. The van der Waals surface area contributed by atoms with Gasteiger partial charge in [-0.25, -0.2) is 4.98 Å². The molecule has 4 N–H and O–H groups in total. The molecule has 14 heavy (non-hydrogen) atoms. The molecule has 0 aromatic carbocycles. The second-order valence-electron chi connectivity index (χ2n) is 3.18. The third-order valence-corrected chi connectivity index (χ3v) is 2.39. The lowest BCUT2D eigenvalue weighted by Gasteiger charge is -2.05. The molecule has 4 nitrogen and oxygen atoms in total. The zero-order chi connectivity index (χ0) is 10.6. The molecule has 0 aliphatic rings. The monoisotopic (exact) mass is 214 g/mol. The van der Waals surface area contributed by atoms with Gasteiger partial charge in [-0.05, 0) is 12.8 Å². The summed E-state index contributed by atoms with van der Waals surface area (Å²) in [5, 5.41) is 0.440. The van der Waals surface area contributed by atoms with E-state index in [9.17, 15) is 0 Å². The van der Waals surface area contributed by atoms with E-state index in [1.807, 2.05) is 0 Å². The van der Waals surface area contributed by atoms with E-state index in [4.69, 9.17) is 23.1 Å². The van der Waals surface area contributed by atoms with Gasteiger partial charge in [-0.3, -0.25) is 0 Å². The molecule has 0 fully saturated rings. The summed E-state index contributed by atoms with van der Waals surface area (Å²) in [7, 11) is 0. The molecule has 1 rings (SSSR count). The Hall–Kier alpha value is -1.03. The summed E-state index contributed by atoms with van der Waals surface area (Å²) < 4.78 is 0. The number of nitrogens with zero attached hydrogens (tertiary/aromatic N) is 2. The number of nitrogens with two attached hydrogens (primary N) is 2. The summed E-state index contributed by atoms with van der Waals surface area (Å²) in [6.45, 7) is 2.14. The zero-order valence-electron chi connectivity index (χ0n) is 8.26. The van der Waals surface area contributed by atoms with Crippen molar-refractivity contribution in [3.8, 4) is 0 Å². The van der Waals surface area contributed by atoms with E-state index in [-0.39, 0.29) is 11.8 Å². The fraction of sp³-hybridized carbons (Fsp3) is 0.556. The number of halogens is 1. The van der Waals surface area contributed by atoms with E-state index in [0.717, 1.165) is 31.4 Å². The quantitative estimate of drug-likeness (QED) is 0.752. The summed E-state index contributed by atoms with van der Waals surface area (Å²) in [5.74, 6) is 0.462. The van der Waals surface area contributed by atoms with Crippen LogP contribution in [0.4, 0.5) is 11.8 Å². The van der Waals surface area contributed by atoms with Gasteiger partial charge < -0.3 is 11.5 Å². The number of aromatic nitrogens is 2. The highest BCUT2D eigenvalue weighted by Crippen LogP contribution is 2.22. The molecule has 78 valence electrons. The minimum atomic E-state index is 0.193. The van der Waals surface area contributed by atoms with Crippen molar-refractivity contribution in [2.45, 2.75) is 32.6 Å². The van der Waals surface area contributed by atoms with Crippen molar-refractivity contribution in [2.75, 3.05) is 11.5 Å². The fourth-order valence-corrected chi connectivity index (χ4v) is 1.42. The Morgan fingerprint density at radius 1 is 1.21 bits per heavy atom. The molecule has 0 aliphatic heterocycles. The molecular formula is C9H15ClN4. The fourth-order valence-electron chi connectivity index (χ4n) is 1.24. The van der Waals surface area contributed by atoms with E-state index >= 15 is 0 Å². The van der Waals surface area contributed by atoms with Gasteiger partial charge in [0, 0.05) is 0 Å². The van der Waals surface area contributed by atoms with Crippen molar-refractivity contribution in [3.05, 3.63) is 10.7 Å². The first-order chi connectivity index (χ1) is 6.65. The van der Waals surface area contributed by atoms with Crippen LogP contribution in [-0.4, -0.2) is 9.97 Å². The average molecular weight is 215 g/mol. The van der Waals surface area contributed by atoms with E-state index in [0.29, 0.717) is 5.02 Å². The minimum absolute atomic E-state index is 0.193. The highest BCUT2D eigenvalue weighted by Gasteiger charge is 2.08. The maximum Gasteiger partial charge on any atom is 0.222 e. The largest absolute Gasteiger partial charge is 0.382 e. The Kier molecular flexibility index (Phi) is 3.95. The average Bonchev–Trinajstić information content (AvgIpc) is 2.13. The molecule has 0 amide bonds. The van der Waals surface area contributed by atoms with Crippen molar-refractivity contribution in [3.63, 3.8) is 0 Å². The Balaban J connectivity index is 2.75. The summed E-state index contributed by atoms with van der Waals surface area (Å²) in [4.78, 5) is 7.83. The van der Waals surface area contributed by atoms with Crippen LogP contribution >= 0.6 is 11.6 Å². The number of hydrogen-bond acceptors (Lipinski definition) is 4. The van der Waals surface area contributed by atoms with Gasteiger partial charge in [0.15, 0.2) is 0 Å². The van der Waals surface area contributed by atoms with Crippen LogP contribution < -0.4 is 11.5 Å². The molecule has 0 spiro atoms. The molecule has 0 atom stereocenters. The molecule has 0 bridgehead atoms. The lowest BCUT2D eigenvalue weighted by molar-refractivity contribution is 0.707. The third kappa shape index (κ3) is 2.73. The second kappa shape index (κ2) is 5.00. The summed E-state index contributed by atoms with van der Waals surface area (Å²) in [6.07, 6.45) is 4.17. The SMILES string of the molecule is CCCCCc1nc(N)nc(N)c1Cl. The van der Waals surface area contributed by atoms with Crippen LogP contribution in [0, 0.1) is 0 Å². The van der Waals surface area contributed by atoms with Crippen molar-refractivity contribution in [1.29, 1.82) is 0 Å². The molecule has 0 unspecified atom stereocenters. The molecule has 0 saturated heterocycles. The summed E-state index contributed by atoms with van der Waals surface area (Å²) in [6, 6.07) is 0. The molecule has 1 heterocycles. The molecule has 5 heteroatoms. The van der Waals surface area contributed by atoms with E-state index in [1.165, 1.54) is 0 Å². The lowest BCUT2D eigenvalue weighted by atomic mass is 10.1. The number of hydrogen-bond donors (Lipinski definition) is 2. The Bertz CT molecular complexity index is 314. The van der Waals surface area contributed by atoms with Gasteiger partial charge in [0.2, 0.25) is 5.95 Å². The van der Waals surface area contributed by atoms with Crippen LogP contribution in [0.3, 0.4) is 0 Å². The highest BCUT2D eigenvalue weighted by molar-refractivity contribution is 6.33. The van der Waals surface area contributed by atoms with Gasteiger partial charge in [-0.2, -0.15) is 4.98 Å². The maximum atomic E-state index is 5.94. The first-order valence-corrected chi connectivity index (χ1v) is 5.10. The topological polar surface area (TPSA) is 77.8 Å². The van der Waals surface area contributed by atoms with Crippen LogP contribution in [0.25, 0.3) is 0 Å². The lowest BCUT2D eigenvalue weighted by Crippen LogP contribution is -2.04. The van der Waals surface area contributed by atoms with Gasteiger partial charge in [0.1, 0.15) is 10.8 Å². The van der Waals surface area contributed by atoms with Gasteiger partial charge in [-0.1, -0.05) is 31.4 Å². The van der Waals surface area contributed by atoms with Crippen LogP contribution in [0.1, 0.15) is 31.9 Å². The highest BCUT2D eigenvalue weighted by atomic mass is 35.5. The normalized spacial score (nSPS) is 10.4. The molecule has 0 radical (unpaired) electrons. The van der Waals surface area contributed by atoms with E-state index < -0.39 is 0 Å². The van der Waals surface area contributed by atoms with Gasteiger partial charge in [0.05, 0.1) is 5.69 Å². The smallest absolute Gasteiger partial charge is 0.222 e. The predicted octanol–water partition coefficient (Wildman–Crippen LogP) is 2.03. The second-order valence-corrected chi connectivity index (χ2v) is 3.56. The molecule has 0 saturated carbocycles. The first kappa shape index (κ1) is 11.0. The Morgan fingerprint density at radius 3 is 2.57 bits per heavy atom. The van der Waals surface area contributed by atoms with Crippen LogP contribution in [0.15, 0.2) is 0 Å². The standard InChI is InChI=1S/C9H15ClN4/c1-2-3-4-5-6-7(10)8(11)14-9(12)13-6/h2-5H2,1H3,(H4,11,12,13,14). The molecule has 1 aromatic rings. The Labute approximate surface area is 88.7 Å². The minimum Gasteiger partial charge on any atom is -0.382 e. The molecule has 1 aromatic heterocycles. The van der Waals surface area contributed by atoms with Gasteiger partial charge in [0.25, 0.3) is 0 Å². The van der Waals surface area contributed by atoms with Gasteiger partial charge in [-0.15, -0.1) is 0 Å². The summed E-state index contributed by atoms with van der Waals surface area (Å²) in [5.41, 5.74) is 11.8. The van der Waals surface area contributed by atoms with Crippen LogP contribution in [0.2, 0.25) is 5.02 Å². The van der Waals surface area contributed by atoms with E-state index in [2.05, 4.69) is 16.9 Å². The van der Waals surface area contributed by atoms with E-state index in [1.54, 1.807) is 0 Å². The van der Waals surface area contributed by atoms with Crippen molar-refractivity contribution < 1.29 is 0 Å². The molecule has 0 aliphatic carbocycles. The van der Waals surface area contributed by atoms with Crippen molar-refractivity contribution >= 4 is 23.4 Å². The number of rotatable bonds is 4. The van der Waals surface area contributed by atoms with Gasteiger partial charge >= 0.3 is 0 Å². The Morgan fingerprint density at radius 2 is 1.93 bits per heavy atom. The first-order valence-electron chi connectivity index (χ1n) is 4.72. The van der Waals surface area contributed by atoms with Crippen molar-refractivity contribution in [1.82, 2.24) is 9.97 Å². The number of nitrogen functional groups attached to an aromatic ring is 2. The van der Waals surface area contributed by atoms with Crippen LogP contribution in [-0.2, 0) is 6.42 Å². The number of unbranched alkanes of at least 4 members (excludes halogenated alkanes) is 2. The predicted molar refractivity (Wildman–Crippen MR) is 59.1 cm³/mol. The van der Waals surface area contributed by atoms with Crippen LogP contribution in [0.5, 0.6) is 0 Å². The maximum absolute atomic E-state index is 5.94. The number of aryl methyl sites for hydroxylation is 1. The third-order valence-electron chi connectivity index (χ3n) is 1.98. The summed E-state index contributed by atoms with van der Waals surface area (Å²) >= 11 is 5.94. The zero-order valence-corrected chi connectivity index (χ0v) is 9.01. The van der Waals surface area contributed by atoms with Crippen molar-refractivity contribution in [2.24, 2.45) is 0 Å². The molecular weight excluding hydrogens is 200 g/mol.